The van der Waals surface area contributed by atoms with Crippen LogP contribution in [0.2, 0.25) is 0 Å². The molecule has 3 nitrogen and oxygen atoms in total. The first-order chi connectivity index (χ1) is 10.6. The number of hydrogen-bond acceptors (Lipinski definition) is 3. The number of benzene rings is 1. The van der Waals surface area contributed by atoms with E-state index in [0.29, 0.717) is 24.9 Å². The maximum Gasteiger partial charge on any atom is 0.306 e. The maximum atomic E-state index is 11.9. The molecule has 1 aromatic rings. The summed E-state index contributed by atoms with van der Waals surface area (Å²) in [7, 11) is 0. The van der Waals surface area contributed by atoms with Crippen LogP contribution in [-0.2, 0) is 20.9 Å². The van der Waals surface area contributed by atoms with Crippen LogP contribution in [-0.4, -0.2) is 17.2 Å². The smallest absolute Gasteiger partial charge is 0.306 e. The summed E-state index contributed by atoms with van der Waals surface area (Å²) < 4.78 is 12.2. The molecule has 3 fully saturated rings. The van der Waals surface area contributed by atoms with Crippen LogP contribution in [0.4, 0.5) is 0 Å². The Morgan fingerprint density at radius 2 is 2.00 bits per heavy atom. The second kappa shape index (κ2) is 5.09. The van der Waals surface area contributed by atoms with Crippen molar-refractivity contribution in [1.82, 2.24) is 0 Å². The Morgan fingerprint density at radius 1 is 1.23 bits per heavy atom. The average molecular weight is 300 g/mol. The highest BCUT2D eigenvalue weighted by Gasteiger charge is 2.63. The van der Waals surface area contributed by atoms with Crippen molar-refractivity contribution >= 4 is 5.97 Å². The first-order valence-electron chi connectivity index (χ1n) is 8.49. The third-order valence-electron chi connectivity index (χ3n) is 5.96. The molecule has 4 rings (SSSR count). The second-order valence-electron chi connectivity index (χ2n) is 7.56. The zero-order chi connectivity index (χ0) is 15.2. The van der Waals surface area contributed by atoms with Crippen molar-refractivity contribution in [1.29, 1.82) is 0 Å². The molecule has 3 heteroatoms. The zero-order valence-electron chi connectivity index (χ0n) is 13.2. The highest BCUT2D eigenvalue weighted by molar-refractivity contribution is 5.73. The van der Waals surface area contributed by atoms with Crippen molar-refractivity contribution in [3.63, 3.8) is 0 Å². The van der Waals surface area contributed by atoms with Crippen LogP contribution in [0.3, 0.4) is 0 Å². The summed E-state index contributed by atoms with van der Waals surface area (Å²) in [6.45, 7) is 2.84. The average Bonchev–Trinajstić information content (AvgIpc) is 2.98. The van der Waals surface area contributed by atoms with Gasteiger partial charge in [-0.25, -0.2) is 0 Å². The lowest BCUT2D eigenvalue weighted by Gasteiger charge is -2.39. The van der Waals surface area contributed by atoms with Crippen molar-refractivity contribution < 1.29 is 14.3 Å². The summed E-state index contributed by atoms with van der Waals surface area (Å²) in [4.78, 5) is 11.9. The van der Waals surface area contributed by atoms with Gasteiger partial charge in [0.2, 0.25) is 0 Å². The predicted octanol–water partition coefficient (Wildman–Crippen LogP) is 3.86. The van der Waals surface area contributed by atoms with Crippen molar-refractivity contribution in [3.8, 4) is 0 Å². The van der Waals surface area contributed by atoms with Crippen LogP contribution in [0.25, 0.3) is 0 Å². The summed E-state index contributed by atoms with van der Waals surface area (Å²) in [5, 5.41) is 0. The number of ether oxygens (including phenoxy) is 2. The Kier molecular flexibility index (Phi) is 3.30. The highest BCUT2D eigenvalue weighted by atomic mass is 16.6. The van der Waals surface area contributed by atoms with E-state index in [-0.39, 0.29) is 17.2 Å². The van der Waals surface area contributed by atoms with E-state index in [4.69, 9.17) is 9.47 Å². The van der Waals surface area contributed by atoms with Crippen LogP contribution < -0.4 is 0 Å². The fourth-order valence-electron chi connectivity index (χ4n) is 5.05. The number of carbonyl (C=O) groups is 1. The molecule has 0 radical (unpaired) electrons. The van der Waals surface area contributed by atoms with Crippen LogP contribution in [0.1, 0.15) is 51.0 Å². The van der Waals surface area contributed by atoms with E-state index in [1.165, 1.54) is 18.4 Å². The molecule has 0 bridgehead atoms. The molecule has 1 heterocycles. The minimum absolute atomic E-state index is 0.00390. The number of esters is 1. The van der Waals surface area contributed by atoms with E-state index in [1.54, 1.807) is 0 Å². The monoisotopic (exact) mass is 300 g/mol. The standard InChI is InChI=1S/C19H24O3/c1-18(21-12-14-6-3-2-4-7-14)11-16-9-5-8-15-10-17(20)22-19(15,16)13-18/h2-4,6-7,15-16H,5,8-13H2,1H3/t15-,16+,18+,19+/m0/s1. The van der Waals surface area contributed by atoms with Gasteiger partial charge in [-0.3, -0.25) is 4.79 Å². The predicted molar refractivity (Wildman–Crippen MR) is 83.1 cm³/mol. The van der Waals surface area contributed by atoms with Gasteiger partial charge in [0.1, 0.15) is 5.60 Å². The molecule has 1 aromatic carbocycles. The Labute approximate surface area is 132 Å². The minimum Gasteiger partial charge on any atom is -0.458 e. The Balaban J connectivity index is 1.51. The van der Waals surface area contributed by atoms with Gasteiger partial charge < -0.3 is 9.47 Å². The van der Waals surface area contributed by atoms with Gasteiger partial charge in [0.15, 0.2) is 0 Å². The zero-order valence-corrected chi connectivity index (χ0v) is 13.2. The van der Waals surface area contributed by atoms with Crippen molar-refractivity contribution in [3.05, 3.63) is 35.9 Å². The summed E-state index contributed by atoms with van der Waals surface area (Å²) in [6.07, 6.45) is 6.04. The second-order valence-corrected chi connectivity index (χ2v) is 7.56. The molecule has 118 valence electrons. The highest BCUT2D eigenvalue weighted by Crippen LogP contribution is 2.59. The molecule has 4 atom stereocenters. The molecule has 1 aliphatic heterocycles. The van der Waals surface area contributed by atoms with E-state index >= 15 is 0 Å². The van der Waals surface area contributed by atoms with Crippen LogP contribution in [0.5, 0.6) is 0 Å². The lowest BCUT2D eigenvalue weighted by Crippen LogP contribution is -2.43. The molecule has 0 aromatic heterocycles. The molecule has 22 heavy (non-hydrogen) atoms. The third-order valence-corrected chi connectivity index (χ3v) is 5.96. The van der Waals surface area contributed by atoms with E-state index in [0.717, 1.165) is 19.3 Å². The van der Waals surface area contributed by atoms with Crippen LogP contribution in [0.15, 0.2) is 30.3 Å². The normalized spacial score (nSPS) is 40.1. The molecule has 2 aliphatic carbocycles. The SMILES string of the molecule is C[C@@]1(OCc2ccccc2)C[C@H]2CCC[C@H]3CC(=O)O[C@@]23C1. The summed E-state index contributed by atoms with van der Waals surface area (Å²) in [5.41, 5.74) is 0.810. The van der Waals surface area contributed by atoms with E-state index in [2.05, 4.69) is 19.1 Å². The van der Waals surface area contributed by atoms with Crippen LogP contribution in [0, 0.1) is 11.8 Å². The quantitative estimate of drug-likeness (QED) is 0.795. The molecule has 3 aliphatic rings. The number of rotatable bonds is 3. The van der Waals surface area contributed by atoms with Gasteiger partial charge in [-0.1, -0.05) is 36.8 Å². The van der Waals surface area contributed by atoms with E-state index in [9.17, 15) is 4.79 Å². The van der Waals surface area contributed by atoms with Gasteiger partial charge in [0, 0.05) is 18.3 Å². The molecular formula is C19H24O3. The van der Waals surface area contributed by atoms with Gasteiger partial charge in [-0.15, -0.1) is 0 Å². The number of carbonyl (C=O) groups excluding carboxylic acids is 1. The van der Waals surface area contributed by atoms with Gasteiger partial charge in [0.05, 0.1) is 18.6 Å². The molecular weight excluding hydrogens is 276 g/mol. The molecule has 1 saturated heterocycles. The first-order valence-corrected chi connectivity index (χ1v) is 8.49. The van der Waals surface area contributed by atoms with Crippen molar-refractivity contribution in [2.24, 2.45) is 11.8 Å². The topological polar surface area (TPSA) is 35.5 Å². The lowest BCUT2D eigenvalue weighted by molar-refractivity contribution is -0.156. The first kappa shape index (κ1) is 14.3. The molecule has 1 spiro atoms. The maximum absolute atomic E-state index is 11.9. The fourth-order valence-corrected chi connectivity index (χ4v) is 5.05. The van der Waals surface area contributed by atoms with E-state index in [1.807, 2.05) is 18.2 Å². The van der Waals surface area contributed by atoms with Gasteiger partial charge in [0.25, 0.3) is 0 Å². The number of hydrogen-bond donors (Lipinski definition) is 0. The fraction of sp³-hybridized carbons (Fsp3) is 0.632. The van der Waals surface area contributed by atoms with E-state index < -0.39 is 0 Å². The van der Waals surface area contributed by atoms with Gasteiger partial charge >= 0.3 is 5.97 Å². The molecule has 0 unspecified atom stereocenters. The Hall–Kier alpha value is -1.35. The molecule has 2 saturated carbocycles. The molecule has 0 amide bonds. The molecule has 0 N–H and O–H groups in total. The summed E-state index contributed by atoms with van der Waals surface area (Å²) in [5.74, 6) is 0.906. The Bertz CT molecular complexity index is 569. The Morgan fingerprint density at radius 3 is 2.82 bits per heavy atom. The minimum atomic E-state index is -0.221. The lowest BCUT2D eigenvalue weighted by atomic mass is 9.70. The van der Waals surface area contributed by atoms with Gasteiger partial charge in [-0.05, 0) is 31.7 Å². The van der Waals surface area contributed by atoms with Crippen molar-refractivity contribution in [2.45, 2.75) is 63.3 Å². The summed E-state index contributed by atoms with van der Waals surface area (Å²) in [6, 6.07) is 10.3. The third kappa shape index (κ3) is 2.26. The largest absolute Gasteiger partial charge is 0.458 e. The summed E-state index contributed by atoms with van der Waals surface area (Å²) >= 11 is 0. The van der Waals surface area contributed by atoms with Crippen LogP contribution >= 0.6 is 0 Å². The van der Waals surface area contributed by atoms with Crippen molar-refractivity contribution in [2.75, 3.05) is 0 Å². The van der Waals surface area contributed by atoms with Gasteiger partial charge in [-0.2, -0.15) is 0 Å².